The molecule has 0 spiro atoms. The summed E-state index contributed by atoms with van der Waals surface area (Å²) in [5, 5.41) is 11.8. The average Bonchev–Trinajstić information content (AvgIpc) is 2.75. The van der Waals surface area contributed by atoms with E-state index in [1.54, 1.807) is 12.1 Å². The van der Waals surface area contributed by atoms with Crippen LogP contribution in [0.3, 0.4) is 0 Å². The van der Waals surface area contributed by atoms with Crippen LogP contribution in [0.25, 0.3) is 11.0 Å². The van der Waals surface area contributed by atoms with E-state index in [2.05, 4.69) is 20.9 Å². The molecule has 19 heavy (non-hydrogen) atoms. The molecule has 1 unspecified atom stereocenters. The van der Waals surface area contributed by atoms with Crippen molar-refractivity contribution in [2.24, 2.45) is 0 Å². The summed E-state index contributed by atoms with van der Waals surface area (Å²) in [4.78, 5) is 12.0. The number of fused-ring (bicyclic) bond motifs is 3. The minimum atomic E-state index is -0.355. The summed E-state index contributed by atoms with van der Waals surface area (Å²) >= 11 is 0. The van der Waals surface area contributed by atoms with E-state index in [-0.39, 0.29) is 10.6 Å². The molecule has 1 N–H and O–H groups in total. The fourth-order valence-corrected chi connectivity index (χ4v) is 3.05. The van der Waals surface area contributed by atoms with E-state index < -0.39 is 0 Å². The predicted octanol–water partition coefficient (Wildman–Crippen LogP) is 2.03. The molecule has 5 nitrogen and oxygen atoms in total. The summed E-state index contributed by atoms with van der Waals surface area (Å²) in [5.41, 5.74) is 2.01. The molecule has 5 heteroatoms. The number of hydrogen-bond acceptors (Lipinski definition) is 3. The zero-order valence-corrected chi connectivity index (χ0v) is 11.3. The third kappa shape index (κ3) is 1.73. The van der Waals surface area contributed by atoms with E-state index in [1.807, 2.05) is 0 Å². The lowest BCUT2D eigenvalue weighted by Gasteiger charge is -2.29. The van der Waals surface area contributed by atoms with Crippen molar-refractivity contribution in [3.8, 4) is 0 Å². The van der Waals surface area contributed by atoms with E-state index in [0.717, 1.165) is 28.8 Å². The van der Waals surface area contributed by atoms with Crippen molar-refractivity contribution in [3.05, 3.63) is 39.6 Å². The molecule has 0 aliphatic carbocycles. The maximum Gasteiger partial charge on any atom is 0.270 e. The van der Waals surface area contributed by atoms with Gasteiger partial charge in [0.1, 0.15) is 17.4 Å². The third-order valence-corrected chi connectivity index (χ3v) is 4.20. The highest BCUT2D eigenvalue weighted by Gasteiger charge is 2.35. The van der Waals surface area contributed by atoms with E-state index in [1.165, 1.54) is 11.0 Å². The Kier molecular flexibility index (Phi) is 2.60. The summed E-state index contributed by atoms with van der Waals surface area (Å²) in [6, 6.07) is 5.15. The molecule has 2 heterocycles. The van der Waals surface area contributed by atoms with Crippen molar-refractivity contribution in [2.75, 3.05) is 13.6 Å². The van der Waals surface area contributed by atoms with Crippen molar-refractivity contribution < 1.29 is 14.2 Å². The second kappa shape index (κ2) is 4.06. The number of nitro benzene ring substituents is 1. The van der Waals surface area contributed by atoms with Crippen molar-refractivity contribution in [3.63, 3.8) is 0 Å². The van der Waals surface area contributed by atoms with Crippen molar-refractivity contribution in [1.29, 1.82) is 0 Å². The molecule has 0 saturated carbocycles. The molecule has 1 aliphatic rings. The fraction of sp³-hybridized carbons (Fsp3) is 0.429. The van der Waals surface area contributed by atoms with Gasteiger partial charge in [-0.3, -0.25) is 10.1 Å². The van der Waals surface area contributed by atoms with E-state index in [4.69, 9.17) is 4.42 Å². The lowest BCUT2D eigenvalue weighted by molar-refractivity contribution is -0.914. The first-order valence-electron chi connectivity index (χ1n) is 6.52. The predicted molar refractivity (Wildman–Crippen MR) is 71.5 cm³/mol. The third-order valence-electron chi connectivity index (χ3n) is 4.20. The summed E-state index contributed by atoms with van der Waals surface area (Å²) in [6.07, 6.45) is 0. The van der Waals surface area contributed by atoms with Crippen LogP contribution in [-0.4, -0.2) is 18.5 Å². The number of nitro groups is 1. The van der Waals surface area contributed by atoms with Gasteiger partial charge in [-0.05, 0) is 19.9 Å². The number of likely N-dealkylation sites (N-methyl/N-ethyl adjacent to an activating group) is 1. The van der Waals surface area contributed by atoms with Crippen LogP contribution in [0.5, 0.6) is 0 Å². The van der Waals surface area contributed by atoms with Gasteiger partial charge in [-0.15, -0.1) is 0 Å². The first kappa shape index (κ1) is 12.2. The van der Waals surface area contributed by atoms with Gasteiger partial charge in [0, 0.05) is 17.5 Å². The molecule has 0 bridgehead atoms. The summed E-state index contributed by atoms with van der Waals surface area (Å²) in [5.74, 6) is 1.34. The van der Waals surface area contributed by atoms with Crippen LogP contribution in [0.4, 0.5) is 5.69 Å². The van der Waals surface area contributed by atoms with Crippen LogP contribution < -0.4 is 4.90 Å². The number of non-ortho nitro benzene ring substituents is 1. The Balaban J connectivity index is 2.28. The van der Waals surface area contributed by atoms with Crippen molar-refractivity contribution >= 4 is 16.7 Å². The van der Waals surface area contributed by atoms with Crippen LogP contribution in [0, 0.1) is 10.1 Å². The first-order chi connectivity index (χ1) is 8.99. The van der Waals surface area contributed by atoms with Gasteiger partial charge in [0.15, 0.2) is 0 Å². The van der Waals surface area contributed by atoms with Gasteiger partial charge in [-0.25, -0.2) is 0 Å². The minimum absolute atomic E-state index is 0.124. The topological polar surface area (TPSA) is 60.7 Å². The maximum absolute atomic E-state index is 10.9. The lowest BCUT2D eigenvalue weighted by atomic mass is 9.92. The molecule has 1 aliphatic heterocycles. The lowest BCUT2D eigenvalue weighted by Crippen LogP contribution is -3.10. The molecule has 0 amide bonds. The maximum atomic E-state index is 10.9. The van der Waals surface area contributed by atoms with Gasteiger partial charge in [-0.1, -0.05) is 0 Å². The molecule has 1 aromatic heterocycles. The molecule has 3 rings (SSSR count). The molecular formula is C14H17N2O3+. The second-order valence-corrected chi connectivity index (χ2v) is 5.49. The van der Waals surface area contributed by atoms with E-state index >= 15 is 0 Å². The average molecular weight is 261 g/mol. The number of hydrogen-bond donors (Lipinski definition) is 1. The standard InChI is InChI=1S/C14H16N2O3/c1-8-7-15(3)9(2)13-11-6-10(16(17)18)4-5-12(11)19-14(8)13/h4-6,8-9H,7H2,1-3H3/p+1/t8-,9+/m0/s1. The summed E-state index contributed by atoms with van der Waals surface area (Å²) in [7, 11) is 2.15. The van der Waals surface area contributed by atoms with Crippen LogP contribution in [0.2, 0.25) is 0 Å². The van der Waals surface area contributed by atoms with Gasteiger partial charge in [0.05, 0.1) is 30.0 Å². The SMILES string of the molecule is C[C@@H]1c2c(oc3ccc([N+](=O)[O-])cc23)[C@@H](C)C[NH+]1C. The molecule has 2 aromatic rings. The molecule has 0 radical (unpaired) electrons. The quantitative estimate of drug-likeness (QED) is 0.631. The van der Waals surface area contributed by atoms with Gasteiger partial charge < -0.3 is 9.32 Å². The summed E-state index contributed by atoms with van der Waals surface area (Å²) in [6.45, 7) is 5.31. The fourth-order valence-electron chi connectivity index (χ4n) is 3.05. The smallest absolute Gasteiger partial charge is 0.270 e. The van der Waals surface area contributed by atoms with Crippen LogP contribution >= 0.6 is 0 Å². The summed E-state index contributed by atoms with van der Waals surface area (Å²) < 4.78 is 5.92. The molecule has 0 saturated heterocycles. The molecular weight excluding hydrogens is 244 g/mol. The number of furan rings is 1. The highest BCUT2D eigenvalue weighted by atomic mass is 16.6. The van der Waals surface area contributed by atoms with Gasteiger partial charge in [0.2, 0.25) is 0 Å². The zero-order valence-electron chi connectivity index (χ0n) is 11.3. The zero-order chi connectivity index (χ0) is 13.7. The largest absolute Gasteiger partial charge is 0.460 e. The normalized spacial score (nSPS) is 26.4. The molecule has 100 valence electrons. The van der Waals surface area contributed by atoms with Crippen LogP contribution in [-0.2, 0) is 0 Å². The molecule has 1 aromatic carbocycles. The Labute approximate surface area is 111 Å². The Morgan fingerprint density at radius 1 is 1.42 bits per heavy atom. The van der Waals surface area contributed by atoms with Crippen LogP contribution in [0.15, 0.2) is 22.6 Å². The molecule has 0 fully saturated rings. The number of benzene rings is 1. The van der Waals surface area contributed by atoms with Crippen molar-refractivity contribution in [1.82, 2.24) is 0 Å². The molecule has 3 atom stereocenters. The Bertz CT molecular complexity index is 662. The first-order valence-corrected chi connectivity index (χ1v) is 6.52. The highest BCUT2D eigenvalue weighted by molar-refractivity contribution is 5.85. The highest BCUT2D eigenvalue weighted by Crippen LogP contribution is 2.37. The van der Waals surface area contributed by atoms with Crippen molar-refractivity contribution in [2.45, 2.75) is 25.8 Å². The minimum Gasteiger partial charge on any atom is -0.460 e. The Hall–Kier alpha value is -1.88. The van der Waals surface area contributed by atoms with Gasteiger partial charge >= 0.3 is 0 Å². The number of nitrogens with one attached hydrogen (secondary N) is 1. The number of rotatable bonds is 1. The Morgan fingerprint density at radius 3 is 2.84 bits per heavy atom. The Morgan fingerprint density at radius 2 is 2.16 bits per heavy atom. The van der Waals surface area contributed by atoms with E-state index in [0.29, 0.717) is 12.0 Å². The van der Waals surface area contributed by atoms with Gasteiger partial charge in [-0.2, -0.15) is 0 Å². The van der Waals surface area contributed by atoms with Crippen LogP contribution in [0.1, 0.15) is 37.1 Å². The van der Waals surface area contributed by atoms with E-state index in [9.17, 15) is 10.1 Å². The monoisotopic (exact) mass is 261 g/mol. The van der Waals surface area contributed by atoms with Gasteiger partial charge in [0.25, 0.3) is 5.69 Å². The number of nitrogens with zero attached hydrogens (tertiary/aromatic N) is 1. The second-order valence-electron chi connectivity index (χ2n) is 5.49. The number of quaternary nitrogens is 1.